The molecule has 0 fully saturated rings. The van der Waals surface area contributed by atoms with E-state index in [0.717, 1.165) is 144 Å². The summed E-state index contributed by atoms with van der Waals surface area (Å²) in [6, 6.07) is 92.3. The SMILES string of the molecule is c1cncc(-c2cccc(-c3ccc4c(c3)c3cc(-c5cccc(-c6cccnc6)c5)ccc3n4-c3ccc4oc5ccc(-n6c7ccc(-c8cccc(-c9cccnc9)c8)cc7c7cc(-c8cccc(-c9cccnc9)c8)ccc76)cc5c4c3)c2)c1. The van der Waals surface area contributed by atoms with Crippen molar-refractivity contribution in [2.24, 2.45) is 0 Å². The van der Waals surface area contributed by atoms with Crippen molar-refractivity contribution >= 4 is 65.6 Å². The minimum atomic E-state index is 0.830. The number of benzene rings is 10. The maximum atomic E-state index is 6.74. The van der Waals surface area contributed by atoms with Gasteiger partial charge in [0.05, 0.1) is 22.1 Å². The van der Waals surface area contributed by atoms with Crippen LogP contribution in [0.3, 0.4) is 0 Å². The highest BCUT2D eigenvalue weighted by Crippen LogP contribution is 2.43. The molecule has 0 aliphatic carbocycles. The lowest BCUT2D eigenvalue weighted by atomic mass is 9.97. The van der Waals surface area contributed by atoms with E-state index in [1.807, 2.05) is 73.8 Å². The molecule has 0 unspecified atom stereocenters. The highest BCUT2D eigenvalue weighted by atomic mass is 16.3. The van der Waals surface area contributed by atoms with Crippen LogP contribution in [0.15, 0.2) is 309 Å². The molecule has 0 bridgehead atoms. The van der Waals surface area contributed by atoms with Gasteiger partial charge in [-0.2, -0.15) is 0 Å². The normalized spacial score (nSPS) is 11.7. The van der Waals surface area contributed by atoms with E-state index < -0.39 is 0 Å². The molecule has 0 N–H and O–H groups in total. The molecule has 7 aromatic heterocycles. The third kappa shape index (κ3) is 8.75. The van der Waals surface area contributed by atoms with Gasteiger partial charge < -0.3 is 13.6 Å². The molecule has 0 amide bonds. The Labute approximate surface area is 501 Å². The maximum Gasteiger partial charge on any atom is 0.135 e. The van der Waals surface area contributed by atoms with E-state index in [1.54, 1.807) is 0 Å². The van der Waals surface area contributed by atoms with Gasteiger partial charge in [-0.05, 0) is 200 Å². The summed E-state index contributed by atoms with van der Waals surface area (Å²) in [6.07, 6.45) is 15.0. The van der Waals surface area contributed by atoms with Crippen molar-refractivity contribution in [3.05, 3.63) is 304 Å². The molecule has 0 aliphatic heterocycles. The fourth-order valence-corrected chi connectivity index (χ4v) is 13.0. The Morgan fingerprint density at radius 1 is 0.207 bits per heavy atom. The van der Waals surface area contributed by atoms with Gasteiger partial charge in [0.15, 0.2) is 0 Å². The fraction of sp³-hybridized carbons (Fsp3) is 0. The third-order valence-electron chi connectivity index (χ3n) is 17.2. The van der Waals surface area contributed by atoms with Crippen LogP contribution in [0.1, 0.15) is 0 Å². The van der Waals surface area contributed by atoms with Gasteiger partial charge in [-0.1, -0.05) is 121 Å². The molecule has 7 heterocycles. The van der Waals surface area contributed by atoms with E-state index in [0.29, 0.717) is 0 Å². The average molecular weight is 1110 g/mol. The van der Waals surface area contributed by atoms with E-state index in [2.05, 4.69) is 260 Å². The molecule has 7 nitrogen and oxygen atoms in total. The Bertz CT molecular complexity index is 4890. The second-order valence-electron chi connectivity index (χ2n) is 22.4. The molecule has 0 radical (unpaired) electrons. The van der Waals surface area contributed by atoms with Crippen LogP contribution in [0.4, 0.5) is 0 Å². The summed E-state index contributed by atoms with van der Waals surface area (Å²) in [5, 5.41) is 6.75. The molecule has 7 heteroatoms. The summed E-state index contributed by atoms with van der Waals surface area (Å²) in [7, 11) is 0. The number of rotatable bonds is 10. The average Bonchev–Trinajstić information content (AvgIpc) is 2.06. The van der Waals surface area contributed by atoms with Crippen LogP contribution in [-0.4, -0.2) is 29.1 Å². The van der Waals surface area contributed by atoms with Crippen molar-refractivity contribution in [1.82, 2.24) is 29.1 Å². The minimum absolute atomic E-state index is 0.830. The first kappa shape index (κ1) is 49.8. The fourth-order valence-electron chi connectivity index (χ4n) is 13.0. The number of aromatic nitrogens is 6. The van der Waals surface area contributed by atoms with Gasteiger partial charge in [-0.3, -0.25) is 19.9 Å². The summed E-state index contributed by atoms with van der Waals surface area (Å²) < 4.78 is 11.6. The van der Waals surface area contributed by atoms with Crippen LogP contribution in [0, 0.1) is 0 Å². The molecular formula is C80H50N6O. The first-order valence-corrected chi connectivity index (χ1v) is 29.3. The molecule has 87 heavy (non-hydrogen) atoms. The van der Waals surface area contributed by atoms with Gasteiger partial charge in [0, 0.05) is 116 Å². The quantitative estimate of drug-likeness (QED) is 0.136. The topological polar surface area (TPSA) is 74.6 Å². The molecule has 10 aromatic carbocycles. The van der Waals surface area contributed by atoms with E-state index in [4.69, 9.17) is 4.42 Å². The van der Waals surface area contributed by atoms with Crippen molar-refractivity contribution in [2.75, 3.05) is 0 Å². The molecule has 0 saturated heterocycles. The lowest BCUT2D eigenvalue weighted by Gasteiger charge is -2.11. The lowest BCUT2D eigenvalue weighted by Crippen LogP contribution is -1.94. The predicted octanol–water partition coefficient (Wildman–Crippen LogP) is 20.7. The summed E-state index contributed by atoms with van der Waals surface area (Å²) in [5.74, 6) is 0. The molecular weight excluding hydrogens is 1060 g/mol. The molecule has 17 rings (SSSR count). The number of furan rings is 1. The Balaban J connectivity index is 0.821. The van der Waals surface area contributed by atoms with Crippen LogP contribution in [0.25, 0.3) is 166 Å². The first-order chi connectivity index (χ1) is 43.1. The standard InChI is InChI=1S/C80H50N6O/c1-9-51(37-55(13-1)63-17-5-33-81-47-63)59-21-27-75-69(41-59)70-42-60(52-10-2-14-56(38-52)64-18-6-34-82-48-64)22-28-76(70)85(75)67-25-31-79-73(45-67)74-46-68(26-32-80(74)87-79)86-77-29-23-61(53-11-3-15-57(39-53)65-19-7-35-83-49-65)43-71(77)72-44-62(24-30-78(72)86)54-12-4-16-58(40-54)66-20-8-36-84-50-66/h1-50H. The van der Waals surface area contributed by atoms with Crippen molar-refractivity contribution in [1.29, 1.82) is 0 Å². The van der Waals surface area contributed by atoms with Gasteiger partial charge in [0.1, 0.15) is 11.2 Å². The van der Waals surface area contributed by atoms with Crippen molar-refractivity contribution < 1.29 is 4.42 Å². The highest BCUT2D eigenvalue weighted by Gasteiger charge is 2.20. The van der Waals surface area contributed by atoms with Gasteiger partial charge in [0.25, 0.3) is 0 Å². The Morgan fingerprint density at radius 3 is 0.724 bits per heavy atom. The van der Waals surface area contributed by atoms with E-state index in [-0.39, 0.29) is 0 Å². The largest absolute Gasteiger partial charge is 0.456 e. The Kier molecular flexibility index (Phi) is 11.7. The molecule has 0 aliphatic rings. The van der Waals surface area contributed by atoms with Crippen LogP contribution in [-0.2, 0) is 0 Å². The van der Waals surface area contributed by atoms with Crippen LogP contribution in [0.2, 0.25) is 0 Å². The second kappa shape index (κ2) is 20.5. The summed E-state index contributed by atoms with van der Waals surface area (Å²) in [4.78, 5) is 17.7. The molecule has 0 spiro atoms. The predicted molar refractivity (Wildman–Crippen MR) is 357 cm³/mol. The Hall–Kier alpha value is -11.8. The molecule has 0 atom stereocenters. The summed E-state index contributed by atoms with van der Waals surface area (Å²) >= 11 is 0. The van der Waals surface area contributed by atoms with Crippen LogP contribution < -0.4 is 0 Å². The van der Waals surface area contributed by atoms with Crippen LogP contribution >= 0.6 is 0 Å². The number of pyridine rings is 4. The number of nitrogens with zero attached hydrogens (tertiary/aromatic N) is 6. The number of hydrogen-bond acceptors (Lipinski definition) is 5. The zero-order valence-electron chi connectivity index (χ0n) is 47.0. The molecule has 17 aromatic rings. The summed E-state index contributed by atoms with van der Waals surface area (Å²) in [6.45, 7) is 0. The van der Waals surface area contributed by atoms with Gasteiger partial charge in [-0.25, -0.2) is 0 Å². The van der Waals surface area contributed by atoms with Gasteiger partial charge in [0.2, 0.25) is 0 Å². The van der Waals surface area contributed by atoms with E-state index in [9.17, 15) is 0 Å². The zero-order valence-corrected chi connectivity index (χ0v) is 47.0. The molecule has 406 valence electrons. The Morgan fingerprint density at radius 2 is 0.460 bits per heavy atom. The monoisotopic (exact) mass is 1110 g/mol. The second-order valence-corrected chi connectivity index (χ2v) is 22.4. The van der Waals surface area contributed by atoms with Crippen molar-refractivity contribution in [2.45, 2.75) is 0 Å². The summed E-state index contributed by atoms with van der Waals surface area (Å²) in [5.41, 5.74) is 26.2. The van der Waals surface area contributed by atoms with E-state index in [1.165, 1.54) is 21.5 Å². The minimum Gasteiger partial charge on any atom is -0.456 e. The van der Waals surface area contributed by atoms with E-state index >= 15 is 0 Å². The van der Waals surface area contributed by atoms with Gasteiger partial charge >= 0.3 is 0 Å². The number of hydrogen-bond donors (Lipinski definition) is 0. The van der Waals surface area contributed by atoms with Crippen LogP contribution in [0.5, 0.6) is 0 Å². The number of fused-ring (bicyclic) bond motifs is 9. The third-order valence-corrected chi connectivity index (χ3v) is 17.2. The van der Waals surface area contributed by atoms with Crippen molar-refractivity contribution in [3.63, 3.8) is 0 Å². The zero-order chi connectivity index (χ0) is 57.4. The van der Waals surface area contributed by atoms with Gasteiger partial charge in [-0.15, -0.1) is 0 Å². The maximum absolute atomic E-state index is 6.74. The van der Waals surface area contributed by atoms with Crippen molar-refractivity contribution in [3.8, 4) is 100 Å². The first-order valence-electron chi connectivity index (χ1n) is 29.3. The molecule has 0 saturated carbocycles. The lowest BCUT2D eigenvalue weighted by molar-refractivity contribution is 0.669. The highest BCUT2D eigenvalue weighted by molar-refractivity contribution is 6.15. The smallest absolute Gasteiger partial charge is 0.135 e.